The molecule has 0 bridgehead atoms. The van der Waals surface area contributed by atoms with Crippen LogP contribution in [0, 0.1) is 0 Å². The summed E-state index contributed by atoms with van der Waals surface area (Å²) < 4.78 is 5.30. The fraction of sp³-hybridized carbons (Fsp3) is 0.533. The van der Waals surface area contributed by atoms with Crippen molar-refractivity contribution < 1.29 is 19.5 Å². The zero-order chi connectivity index (χ0) is 14.8. The summed E-state index contributed by atoms with van der Waals surface area (Å²) in [4.78, 5) is 0. The molecule has 1 heterocycles. The molecule has 1 aromatic rings. The van der Waals surface area contributed by atoms with Crippen LogP contribution in [0.25, 0.3) is 0 Å². The van der Waals surface area contributed by atoms with Crippen molar-refractivity contribution in [3.05, 3.63) is 35.4 Å². The first-order valence-corrected chi connectivity index (χ1v) is 6.85. The normalized spacial score (nSPS) is 20.8. The molecule has 0 amide bonds. The molecule has 2 atom stereocenters. The summed E-state index contributed by atoms with van der Waals surface area (Å²) in [6.07, 6.45) is 0.750. The second-order valence-electron chi connectivity index (χ2n) is 5.91. The standard InChI is InChI=1S/C15H22N2O3/c1-11(18)9-17(2,3)16-15(19)13-6-4-12(5-7-13)8-14-10-20-14/h4-7,11,14,18H,8-10H2,1-3H3/t11-,14-/m0/s1. The minimum Gasteiger partial charge on any atom is -0.855 e. The van der Waals surface area contributed by atoms with Gasteiger partial charge in [-0.05, 0) is 18.1 Å². The van der Waals surface area contributed by atoms with Gasteiger partial charge in [0.15, 0.2) is 0 Å². The predicted molar refractivity (Wildman–Crippen MR) is 75.1 cm³/mol. The van der Waals surface area contributed by atoms with Gasteiger partial charge in [-0.15, -0.1) is 0 Å². The van der Waals surface area contributed by atoms with Crippen molar-refractivity contribution in [2.75, 3.05) is 27.2 Å². The van der Waals surface area contributed by atoms with Crippen LogP contribution in [0.3, 0.4) is 0 Å². The number of hydrogen-bond donors (Lipinski definition) is 1. The van der Waals surface area contributed by atoms with E-state index in [1.807, 2.05) is 12.1 Å². The highest BCUT2D eigenvalue weighted by molar-refractivity contribution is 5.90. The summed E-state index contributed by atoms with van der Waals surface area (Å²) in [5.74, 6) is -0.259. The van der Waals surface area contributed by atoms with Crippen LogP contribution < -0.4 is 5.11 Å². The lowest BCUT2D eigenvalue weighted by atomic mass is 10.1. The van der Waals surface area contributed by atoms with Crippen LogP contribution >= 0.6 is 0 Å². The van der Waals surface area contributed by atoms with E-state index in [1.54, 1.807) is 33.2 Å². The molecule has 0 saturated carbocycles. The number of aliphatic hydroxyl groups is 1. The van der Waals surface area contributed by atoms with Gasteiger partial charge in [0.05, 0.1) is 32.7 Å². The Labute approximate surface area is 119 Å². The van der Waals surface area contributed by atoms with Gasteiger partial charge in [0.25, 0.3) is 0 Å². The number of likely N-dealkylation sites (N-methyl/N-ethyl adjacent to an activating group) is 1. The third kappa shape index (κ3) is 4.59. The summed E-state index contributed by atoms with van der Waals surface area (Å²) in [6, 6.07) is 7.48. The van der Waals surface area contributed by atoms with Gasteiger partial charge in [-0.2, -0.15) is 0 Å². The molecular formula is C15H22N2O3. The second kappa shape index (κ2) is 5.91. The second-order valence-corrected chi connectivity index (χ2v) is 5.91. The topological polar surface area (TPSA) is 68.2 Å². The van der Waals surface area contributed by atoms with Gasteiger partial charge >= 0.3 is 0 Å². The van der Waals surface area contributed by atoms with Crippen LogP contribution in [-0.2, 0) is 11.2 Å². The Morgan fingerprint density at radius 2 is 2.05 bits per heavy atom. The molecule has 2 rings (SSSR count). The van der Waals surface area contributed by atoms with Crippen LogP contribution in [0.15, 0.2) is 29.4 Å². The molecule has 1 aliphatic heterocycles. The highest BCUT2D eigenvalue weighted by atomic mass is 16.6. The van der Waals surface area contributed by atoms with Gasteiger partial charge in [-0.3, -0.25) is 0 Å². The molecule has 0 unspecified atom stereocenters. The predicted octanol–water partition coefficient (Wildman–Crippen LogP) is 0.107. The maximum absolute atomic E-state index is 12.1. The van der Waals surface area contributed by atoms with Crippen molar-refractivity contribution in [1.29, 1.82) is 0 Å². The fourth-order valence-electron chi connectivity index (χ4n) is 2.22. The van der Waals surface area contributed by atoms with Gasteiger partial charge in [-0.25, -0.2) is 4.59 Å². The average molecular weight is 278 g/mol. The van der Waals surface area contributed by atoms with E-state index in [0.29, 0.717) is 18.2 Å². The van der Waals surface area contributed by atoms with Crippen molar-refractivity contribution >= 4 is 5.90 Å². The lowest BCUT2D eigenvalue weighted by Gasteiger charge is -2.26. The van der Waals surface area contributed by atoms with Gasteiger partial charge in [0.1, 0.15) is 12.6 Å². The highest BCUT2D eigenvalue weighted by Gasteiger charge is 2.22. The number of epoxide rings is 1. The minimum absolute atomic E-state index is 0.119. The molecule has 1 N–H and O–H groups in total. The molecule has 0 spiro atoms. The average Bonchev–Trinajstić information content (AvgIpc) is 3.11. The summed E-state index contributed by atoms with van der Waals surface area (Å²) >= 11 is 0. The third-order valence-corrected chi connectivity index (χ3v) is 3.14. The first-order valence-electron chi connectivity index (χ1n) is 6.85. The van der Waals surface area contributed by atoms with Crippen LogP contribution in [-0.4, -0.2) is 55.1 Å². The van der Waals surface area contributed by atoms with Crippen molar-refractivity contribution in [3.8, 4) is 0 Å². The highest BCUT2D eigenvalue weighted by Crippen LogP contribution is 2.16. The number of ether oxygens (including phenoxy) is 1. The van der Waals surface area contributed by atoms with Crippen LogP contribution in [0.4, 0.5) is 0 Å². The number of benzene rings is 1. The zero-order valence-electron chi connectivity index (χ0n) is 12.2. The maximum Gasteiger partial charge on any atom is 0.128 e. The van der Waals surface area contributed by atoms with Crippen molar-refractivity contribution in [1.82, 2.24) is 0 Å². The molecule has 0 aromatic heterocycles. The Morgan fingerprint density at radius 1 is 1.45 bits per heavy atom. The number of hydrogen-bond acceptors (Lipinski definition) is 4. The van der Waals surface area contributed by atoms with Crippen molar-refractivity contribution in [2.24, 2.45) is 5.10 Å². The molecule has 1 fully saturated rings. The summed E-state index contributed by atoms with van der Waals surface area (Å²) in [7, 11) is 3.59. The van der Waals surface area contributed by atoms with E-state index in [-0.39, 0.29) is 10.5 Å². The first kappa shape index (κ1) is 15.0. The van der Waals surface area contributed by atoms with E-state index >= 15 is 0 Å². The Morgan fingerprint density at radius 3 is 2.55 bits per heavy atom. The quantitative estimate of drug-likeness (QED) is 0.264. The molecule has 0 radical (unpaired) electrons. The van der Waals surface area contributed by atoms with Crippen LogP contribution in [0.2, 0.25) is 0 Å². The van der Waals surface area contributed by atoms with Crippen molar-refractivity contribution in [2.45, 2.75) is 25.6 Å². The van der Waals surface area contributed by atoms with E-state index < -0.39 is 6.10 Å². The fourth-order valence-corrected chi connectivity index (χ4v) is 2.22. The van der Waals surface area contributed by atoms with Gasteiger partial charge < -0.3 is 14.9 Å². The molecule has 0 aliphatic carbocycles. The molecule has 1 aliphatic rings. The smallest absolute Gasteiger partial charge is 0.128 e. The molecule has 5 heteroatoms. The summed E-state index contributed by atoms with van der Waals surface area (Å²) in [6.45, 7) is 2.93. The Balaban J connectivity index is 2.05. The van der Waals surface area contributed by atoms with Crippen LogP contribution in [0.1, 0.15) is 18.1 Å². The van der Waals surface area contributed by atoms with E-state index in [1.165, 1.54) is 5.56 Å². The molecule has 110 valence electrons. The Bertz CT molecular complexity index is 476. The number of quaternary nitrogens is 1. The molecule has 1 aromatic carbocycles. The summed E-state index contributed by atoms with van der Waals surface area (Å²) in [5.41, 5.74) is 1.74. The lowest BCUT2D eigenvalue weighted by Crippen LogP contribution is -2.42. The van der Waals surface area contributed by atoms with E-state index in [4.69, 9.17) is 4.74 Å². The maximum atomic E-state index is 12.1. The SMILES string of the molecule is C[C@H](O)C[N+](C)(C)/N=C(\[O-])c1ccc(C[C@H]2CO2)cc1. The van der Waals surface area contributed by atoms with Crippen molar-refractivity contribution in [3.63, 3.8) is 0 Å². The lowest BCUT2D eigenvalue weighted by molar-refractivity contribution is -0.900. The Hall–Kier alpha value is -1.43. The monoisotopic (exact) mass is 278 g/mol. The Kier molecular flexibility index (Phi) is 4.42. The summed E-state index contributed by atoms with van der Waals surface area (Å²) in [5, 5.41) is 25.6. The van der Waals surface area contributed by atoms with Crippen LogP contribution in [0.5, 0.6) is 0 Å². The minimum atomic E-state index is -0.498. The largest absolute Gasteiger partial charge is 0.855 e. The molecule has 1 saturated heterocycles. The molecule has 5 nitrogen and oxygen atoms in total. The molecule has 20 heavy (non-hydrogen) atoms. The number of nitrogens with zero attached hydrogens (tertiary/aromatic N) is 2. The molecular weight excluding hydrogens is 256 g/mol. The van der Waals surface area contributed by atoms with E-state index in [0.717, 1.165) is 13.0 Å². The van der Waals surface area contributed by atoms with Gasteiger partial charge in [0.2, 0.25) is 0 Å². The van der Waals surface area contributed by atoms with E-state index in [9.17, 15) is 10.2 Å². The number of rotatable bonds is 6. The zero-order valence-corrected chi connectivity index (χ0v) is 12.2. The van der Waals surface area contributed by atoms with E-state index in [2.05, 4.69) is 5.10 Å². The third-order valence-electron chi connectivity index (χ3n) is 3.14. The number of aliphatic hydroxyl groups excluding tert-OH is 1. The van der Waals surface area contributed by atoms with Gasteiger partial charge in [-0.1, -0.05) is 29.4 Å². The van der Waals surface area contributed by atoms with Gasteiger partial charge in [0, 0.05) is 6.42 Å². The first-order chi connectivity index (χ1) is 9.35.